The molecule has 10 nitrogen and oxygen atoms in total. The maximum atomic E-state index is 13.9. The number of amides is 1. The quantitative estimate of drug-likeness (QED) is 0.506. The Labute approximate surface area is 235 Å². The highest BCUT2D eigenvalue weighted by Crippen LogP contribution is 2.53. The lowest BCUT2D eigenvalue weighted by Gasteiger charge is -2.50. The van der Waals surface area contributed by atoms with Gasteiger partial charge in [-0.3, -0.25) is 19.9 Å². The maximum absolute atomic E-state index is 13.9. The van der Waals surface area contributed by atoms with E-state index < -0.39 is 0 Å². The van der Waals surface area contributed by atoms with Crippen LogP contribution in [-0.4, -0.2) is 93.5 Å². The number of hydrogen-bond donors (Lipinski definition) is 2. The predicted octanol–water partition coefficient (Wildman–Crippen LogP) is 3.71. The van der Waals surface area contributed by atoms with Crippen molar-refractivity contribution in [3.05, 3.63) is 18.3 Å². The summed E-state index contributed by atoms with van der Waals surface area (Å²) < 4.78 is 0. The molecule has 4 fully saturated rings. The third-order valence-electron chi connectivity index (χ3n) is 9.75. The molecule has 2 saturated carbocycles. The third kappa shape index (κ3) is 6.05. The van der Waals surface area contributed by atoms with Crippen molar-refractivity contribution in [2.45, 2.75) is 83.3 Å². The lowest BCUT2D eigenvalue weighted by atomic mass is 9.58. The minimum atomic E-state index is -0.0904. The molecule has 1 unspecified atom stereocenters. The summed E-state index contributed by atoms with van der Waals surface area (Å²) in [4.78, 5) is 21.1. The highest BCUT2D eigenvalue weighted by atomic mass is 32.1. The topological polar surface area (TPSA) is 102 Å². The SMILES string of the molecule is CC(C)N1CCN(C(C(=O)Nc2nnc(N[C@@H]3CCN(c4cccnn4)C3)s2)C2CCC3(CCC3)CC2)CC1. The van der Waals surface area contributed by atoms with Gasteiger partial charge < -0.3 is 10.2 Å². The number of anilines is 3. The number of hydrogen-bond acceptors (Lipinski definition) is 10. The first-order valence-corrected chi connectivity index (χ1v) is 15.7. The smallest absolute Gasteiger partial charge is 0.243 e. The number of piperazine rings is 1. The van der Waals surface area contributed by atoms with Crippen LogP contribution in [0.15, 0.2) is 18.3 Å². The Morgan fingerprint density at radius 1 is 0.974 bits per heavy atom. The summed E-state index contributed by atoms with van der Waals surface area (Å²) in [6, 6.07) is 4.62. The number of carbonyl (C=O) groups excluding carboxylic acids is 1. The van der Waals surface area contributed by atoms with E-state index >= 15 is 0 Å². The van der Waals surface area contributed by atoms with Crippen LogP contribution in [0.2, 0.25) is 0 Å². The molecule has 2 aliphatic carbocycles. The summed E-state index contributed by atoms with van der Waals surface area (Å²) in [6.07, 6.45) is 11.8. The first kappa shape index (κ1) is 26.8. The molecule has 2 saturated heterocycles. The highest BCUT2D eigenvalue weighted by molar-refractivity contribution is 7.19. The Balaban J connectivity index is 1.08. The normalized spacial score (nSPS) is 25.1. The fourth-order valence-corrected chi connectivity index (χ4v) is 7.91. The van der Waals surface area contributed by atoms with Crippen LogP contribution >= 0.6 is 11.3 Å². The van der Waals surface area contributed by atoms with Gasteiger partial charge in [-0.15, -0.1) is 15.3 Å². The Bertz CT molecular complexity index is 1090. The molecule has 4 aliphatic rings. The van der Waals surface area contributed by atoms with Gasteiger partial charge in [0.1, 0.15) is 0 Å². The van der Waals surface area contributed by atoms with Crippen LogP contribution in [0, 0.1) is 11.3 Å². The van der Waals surface area contributed by atoms with E-state index in [-0.39, 0.29) is 18.0 Å². The van der Waals surface area contributed by atoms with Gasteiger partial charge in [0.2, 0.25) is 16.2 Å². The fourth-order valence-electron chi connectivity index (χ4n) is 7.19. The van der Waals surface area contributed by atoms with Crippen LogP contribution < -0.4 is 15.5 Å². The van der Waals surface area contributed by atoms with Gasteiger partial charge in [-0.1, -0.05) is 17.8 Å². The van der Waals surface area contributed by atoms with E-state index in [2.05, 4.69) is 59.6 Å². The van der Waals surface area contributed by atoms with E-state index in [1.54, 1.807) is 6.20 Å². The number of carbonyl (C=O) groups is 1. The van der Waals surface area contributed by atoms with Crippen LogP contribution in [-0.2, 0) is 4.79 Å². The van der Waals surface area contributed by atoms with Crippen LogP contribution in [0.5, 0.6) is 0 Å². The molecule has 0 radical (unpaired) electrons. The van der Waals surface area contributed by atoms with Crippen molar-refractivity contribution >= 4 is 33.3 Å². The standard InChI is InChI=1S/C28H43N9OS/c1-20(2)35-15-17-36(18-16-35)24(21-6-11-28(12-7-21)9-4-10-28)25(38)31-27-34-33-26(39-27)30-22-8-14-37(19-22)23-5-3-13-29-32-23/h3,5,13,20-22,24H,4,6-12,14-19H2,1-2H3,(H,30,33)(H,31,34,38)/t22-,24?/m1/s1. The zero-order valence-corrected chi connectivity index (χ0v) is 24.2. The van der Waals surface area contributed by atoms with Crippen molar-refractivity contribution in [1.82, 2.24) is 30.2 Å². The fraction of sp³-hybridized carbons (Fsp3) is 0.750. The van der Waals surface area contributed by atoms with E-state index in [1.807, 2.05) is 12.1 Å². The minimum absolute atomic E-state index is 0.0904. The molecule has 11 heteroatoms. The number of nitrogens with zero attached hydrogens (tertiary/aromatic N) is 7. The van der Waals surface area contributed by atoms with E-state index in [1.165, 1.54) is 43.4 Å². The molecule has 2 aromatic heterocycles. The average molecular weight is 554 g/mol. The molecule has 2 aromatic rings. The van der Waals surface area contributed by atoms with Crippen molar-refractivity contribution in [3.8, 4) is 0 Å². The molecule has 6 rings (SSSR count). The van der Waals surface area contributed by atoms with Crippen molar-refractivity contribution in [2.75, 3.05) is 54.8 Å². The van der Waals surface area contributed by atoms with Crippen LogP contribution in [0.4, 0.5) is 16.1 Å². The van der Waals surface area contributed by atoms with Gasteiger partial charge in [-0.2, -0.15) is 5.10 Å². The van der Waals surface area contributed by atoms with Gasteiger partial charge in [0, 0.05) is 57.5 Å². The van der Waals surface area contributed by atoms with E-state index in [0.29, 0.717) is 22.5 Å². The van der Waals surface area contributed by atoms with Crippen LogP contribution in [0.3, 0.4) is 0 Å². The van der Waals surface area contributed by atoms with Gasteiger partial charge in [0.15, 0.2) is 5.82 Å². The summed E-state index contributed by atoms with van der Waals surface area (Å²) in [5.41, 5.74) is 0.594. The largest absolute Gasteiger partial charge is 0.355 e. The Morgan fingerprint density at radius 3 is 2.38 bits per heavy atom. The van der Waals surface area contributed by atoms with Crippen molar-refractivity contribution < 1.29 is 4.79 Å². The summed E-state index contributed by atoms with van der Waals surface area (Å²) in [5.74, 6) is 1.41. The number of rotatable bonds is 8. The third-order valence-corrected chi connectivity index (χ3v) is 10.5. The summed E-state index contributed by atoms with van der Waals surface area (Å²) in [5, 5.41) is 25.0. The van der Waals surface area contributed by atoms with Gasteiger partial charge in [-0.05, 0) is 82.3 Å². The molecular weight excluding hydrogens is 510 g/mol. The molecule has 1 spiro atoms. The summed E-state index contributed by atoms with van der Waals surface area (Å²) in [7, 11) is 0. The zero-order valence-electron chi connectivity index (χ0n) is 23.4. The molecule has 0 aromatic carbocycles. The Morgan fingerprint density at radius 2 is 1.72 bits per heavy atom. The molecule has 212 valence electrons. The summed E-state index contributed by atoms with van der Waals surface area (Å²) >= 11 is 1.43. The molecule has 0 bridgehead atoms. The second kappa shape index (κ2) is 11.6. The molecule has 1 amide bonds. The van der Waals surface area contributed by atoms with E-state index in [0.717, 1.165) is 69.5 Å². The Kier molecular flexibility index (Phi) is 8.00. The average Bonchev–Trinajstić information content (AvgIpc) is 3.59. The van der Waals surface area contributed by atoms with Gasteiger partial charge in [-0.25, -0.2) is 0 Å². The number of aromatic nitrogens is 4. The number of nitrogens with one attached hydrogen (secondary N) is 2. The zero-order chi connectivity index (χ0) is 26.8. The second-order valence-corrected chi connectivity index (χ2v) is 13.3. The monoisotopic (exact) mass is 553 g/mol. The molecule has 4 heterocycles. The van der Waals surface area contributed by atoms with Gasteiger partial charge in [0.05, 0.1) is 6.04 Å². The first-order chi connectivity index (χ1) is 19.0. The molecule has 39 heavy (non-hydrogen) atoms. The summed E-state index contributed by atoms with van der Waals surface area (Å²) in [6.45, 7) is 10.2. The highest BCUT2D eigenvalue weighted by Gasteiger charge is 2.44. The van der Waals surface area contributed by atoms with Crippen molar-refractivity contribution in [2.24, 2.45) is 11.3 Å². The lowest BCUT2D eigenvalue weighted by Crippen LogP contribution is -2.58. The minimum Gasteiger partial charge on any atom is -0.355 e. The lowest BCUT2D eigenvalue weighted by molar-refractivity contribution is -0.125. The maximum Gasteiger partial charge on any atom is 0.243 e. The Hall–Kier alpha value is -2.37. The molecule has 2 atom stereocenters. The van der Waals surface area contributed by atoms with Gasteiger partial charge in [0.25, 0.3) is 0 Å². The molecule has 2 N–H and O–H groups in total. The predicted molar refractivity (Wildman–Crippen MR) is 155 cm³/mol. The van der Waals surface area contributed by atoms with Crippen LogP contribution in [0.25, 0.3) is 0 Å². The van der Waals surface area contributed by atoms with Gasteiger partial charge >= 0.3 is 0 Å². The second-order valence-electron chi connectivity index (χ2n) is 12.4. The van der Waals surface area contributed by atoms with Crippen molar-refractivity contribution in [3.63, 3.8) is 0 Å². The van der Waals surface area contributed by atoms with E-state index in [9.17, 15) is 4.79 Å². The molecular formula is C28H43N9OS. The van der Waals surface area contributed by atoms with Crippen LogP contribution in [0.1, 0.15) is 65.2 Å². The van der Waals surface area contributed by atoms with Crippen molar-refractivity contribution in [1.29, 1.82) is 0 Å². The first-order valence-electron chi connectivity index (χ1n) is 14.9. The van der Waals surface area contributed by atoms with E-state index in [4.69, 9.17) is 0 Å². The molecule has 2 aliphatic heterocycles.